The van der Waals surface area contributed by atoms with Crippen LogP contribution in [0.4, 0.5) is 0 Å². The van der Waals surface area contributed by atoms with E-state index in [1.807, 2.05) is 6.07 Å². The molecule has 0 spiro atoms. The number of rotatable bonds is 6. The van der Waals surface area contributed by atoms with E-state index in [4.69, 9.17) is 21.1 Å². The second-order valence-corrected chi connectivity index (χ2v) is 8.36. The molecule has 1 aromatic carbocycles. The number of carbonyl (C=O) groups is 1. The van der Waals surface area contributed by atoms with E-state index in [0.717, 1.165) is 45.3 Å². The summed E-state index contributed by atoms with van der Waals surface area (Å²) >= 11 is 6.33. The number of carbonyl (C=O) groups excluding carboxylic acids is 1. The van der Waals surface area contributed by atoms with Crippen molar-refractivity contribution in [1.29, 1.82) is 0 Å². The number of nitrogens with one attached hydrogen (secondary N) is 1. The number of ether oxygens (including phenoxy) is 2. The monoisotopic (exact) mass is 429 g/mol. The molecule has 0 saturated carbocycles. The van der Waals surface area contributed by atoms with Crippen LogP contribution in [-0.2, 0) is 11.3 Å². The highest BCUT2D eigenvalue weighted by Crippen LogP contribution is 2.26. The first-order valence-corrected chi connectivity index (χ1v) is 11.0. The molecule has 30 heavy (non-hydrogen) atoms. The Kier molecular flexibility index (Phi) is 7.20. The fraction of sp³-hybridized carbons (Fsp3) is 0.478. The Hall–Kier alpha value is -2.15. The minimum atomic E-state index is -0.136. The van der Waals surface area contributed by atoms with Crippen molar-refractivity contribution < 1.29 is 14.3 Å². The SMILES string of the molecule is O=C(NC1CCN(Cc2ccccc2)CC1)c1cnc(OC2CCOCC2)c(Cl)c1. The lowest BCUT2D eigenvalue weighted by molar-refractivity contribution is 0.0238. The molecule has 2 fully saturated rings. The highest BCUT2D eigenvalue weighted by Gasteiger charge is 2.22. The van der Waals surface area contributed by atoms with Gasteiger partial charge in [0.05, 0.1) is 18.8 Å². The molecule has 2 aliphatic rings. The first-order valence-electron chi connectivity index (χ1n) is 10.6. The second-order valence-electron chi connectivity index (χ2n) is 7.95. The van der Waals surface area contributed by atoms with E-state index in [-0.39, 0.29) is 18.1 Å². The van der Waals surface area contributed by atoms with Gasteiger partial charge in [0.2, 0.25) is 5.88 Å². The predicted octanol–water partition coefficient (Wildman–Crippen LogP) is 3.69. The summed E-state index contributed by atoms with van der Waals surface area (Å²) in [5.74, 6) is 0.248. The Balaban J connectivity index is 1.26. The Morgan fingerprint density at radius 1 is 1.17 bits per heavy atom. The number of aromatic nitrogens is 1. The van der Waals surface area contributed by atoms with Crippen molar-refractivity contribution in [3.8, 4) is 5.88 Å². The molecule has 0 atom stereocenters. The number of hydrogen-bond acceptors (Lipinski definition) is 5. The highest BCUT2D eigenvalue weighted by atomic mass is 35.5. The van der Waals surface area contributed by atoms with E-state index in [2.05, 4.69) is 39.5 Å². The summed E-state index contributed by atoms with van der Waals surface area (Å²) in [7, 11) is 0. The number of benzene rings is 1. The molecule has 6 nitrogen and oxygen atoms in total. The Bertz CT molecular complexity index is 835. The van der Waals surface area contributed by atoms with Gasteiger partial charge in [-0.2, -0.15) is 0 Å². The van der Waals surface area contributed by atoms with Crippen molar-refractivity contribution in [3.05, 3.63) is 58.7 Å². The van der Waals surface area contributed by atoms with Gasteiger partial charge in [-0.1, -0.05) is 41.9 Å². The summed E-state index contributed by atoms with van der Waals surface area (Å²) < 4.78 is 11.2. The van der Waals surface area contributed by atoms with Crippen LogP contribution in [0.2, 0.25) is 5.02 Å². The molecule has 0 aliphatic carbocycles. The van der Waals surface area contributed by atoms with Gasteiger partial charge in [0.25, 0.3) is 5.91 Å². The molecular weight excluding hydrogens is 402 g/mol. The number of amides is 1. The summed E-state index contributed by atoms with van der Waals surface area (Å²) in [6, 6.07) is 12.3. The molecule has 2 saturated heterocycles. The van der Waals surface area contributed by atoms with E-state index >= 15 is 0 Å². The first kappa shape index (κ1) is 21.1. The van der Waals surface area contributed by atoms with Crippen LogP contribution < -0.4 is 10.1 Å². The number of hydrogen-bond donors (Lipinski definition) is 1. The van der Waals surface area contributed by atoms with E-state index in [0.29, 0.717) is 29.7 Å². The summed E-state index contributed by atoms with van der Waals surface area (Å²) in [4.78, 5) is 19.4. The smallest absolute Gasteiger partial charge is 0.253 e. The molecular formula is C23H28ClN3O3. The lowest BCUT2D eigenvalue weighted by Gasteiger charge is -2.32. The van der Waals surface area contributed by atoms with Crippen LogP contribution in [0.15, 0.2) is 42.6 Å². The maximum absolute atomic E-state index is 12.7. The lowest BCUT2D eigenvalue weighted by Crippen LogP contribution is -2.44. The maximum atomic E-state index is 12.7. The molecule has 2 aliphatic heterocycles. The highest BCUT2D eigenvalue weighted by molar-refractivity contribution is 6.32. The molecule has 0 bridgehead atoms. The van der Waals surface area contributed by atoms with Crippen LogP contribution in [0, 0.1) is 0 Å². The average Bonchev–Trinajstić information content (AvgIpc) is 2.78. The summed E-state index contributed by atoms with van der Waals surface area (Å²) in [5.41, 5.74) is 1.79. The van der Waals surface area contributed by atoms with Crippen molar-refractivity contribution in [2.24, 2.45) is 0 Å². The van der Waals surface area contributed by atoms with Gasteiger partial charge in [-0.15, -0.1) is 0 Å². The van der Waals surface area contributed by atoms with Crippen molar-refractivity contribution in [3.63, 3.8) is 0 Å². The van der Waals surface area contributed by atoms with Crippen LogP contribution in [0.5, 0.6) is 5.88 Å². The van der Waals surface area contributed by atoms with Crippen LogP contribution in [-0.4, -0.2) is 54.2 Å². The number of piperidine rings is 1. The lowest BCUT2D eigenvalue weighted by atomic mass is 10.0. The third kappa shape index (κ3) is 5.72. The largest absolute Gasteiger partial charge is 0.473 e. The molecule has 1 N–H and O–H groups in total. The van der Waals surface area contributed by atoms with Gasteiger partial charge >= 0.3 is 0 Å². The van der Waals surface area contributed by atoms with E-state index in [9.17, 15) is 4.79 Å². The minimum absolute atomic E-state index is 0.0597. The summed E-state index contributed by atoms with van der Waals surface area (Å²) in [6.07, 6.45) is 5.12. The Labute approximate surface area is 182 Å². The third-order valence-corrected chi connectivity index (χ3v) is 5.96. The topological polar surface area (TPSA) is 63.7 Å². The molecule has 160 valence electrons. The predicted molar refractivity (Wildman–Crippen MR) is 116 cm³/mol. The van der Waals surface area contributed by atoms with E-state index in [1.54, 1.807) is 12.3 Å². The van der Waals surface area contributed by atoms with E-state index in [1.165, 1.54) is 5.56 Å². The van der Waals surface area contributed by atoms with Crippen LogP contribution in [0.1, 0.15) is 41.6 Å². The molecule has 4 rings (SSSR count). The fourth-order valence-electron chi connectivity index (χ4n) is 3.93. The quantitative estimate of drug-likeness (QED) is 0.758. The van der Waals surface area contributed by atoms with Crippen LogP contribution in [0.25, 0.3) is 0 Å². The molecule has 1 amide bonds. The second kappa shape index (κ2) is 10.2. The molecule has 2 aromatic rings. The van der Waals surface area contributed by atoms with E-state index < -0.39 is 0 Å². The third-order valence-electron chi connectivity index (χ3n) is 5.69. The zero-order valence-corrected chi connectivity index (χ0v) is 17.8. The maximum Gasteiger partial charge on any atom is 0.253 e. The van der Waals surface area contributed by atoms with Gasteiger partial charge in [0, 0.05) is 44.7 Å². The van der Waals surface area contributed by atoms with Crippen LogP contribution >= 0.6 is 11.6 Å². The fourth-order valence-corrected chi connectivity index (χ4v) is 4.14. The van der Waals surface area contributed by atoms with Gasteiger partial charge in [0.1, 0.15) is 11.1 Å². The zero-order chi connectivity index (χ0) is 20.8. The molecule has 0 unspecified atom stereocenters. The zero-order valence-electron chi connectivity index (χ0n) is 17.1. The van der Waals surface area contributed by atoms with Gasteiger partial charge in [-0.05, 0) is 24.5 Å². The van der Waals surface area contributed by atoms with Gasteiger partial charge in [-0.3, -0.25) is 9.69 Å². The van der Waals surface area contributed by atoms with Crippen molar-refractivity contribution in [2.45, 2.75) is 44.4 Å². The number of halogens is 1. The van der Waals surface area contributed by atoms with Crippen LogP contribution in [0.3, 0.4) is 0 Å². The average molecular weight is 430 g/mol. The standard InChI is InChI=1S/C23H28ClN3O3/c24-21-14-18(15-25-23(21)30-20-8-12-29-13-9-20)22(28)26-19-6-10-27(11-7-19)16-17-4-2-1-3-5-17/h1-5,14-15,19-20H,6-13,16H2,(H,26,28). The molecule has 3 heterocycles. The van der Waals surface area contributed by atoms with Gasteiger partial charge in [-0.25, -0.2) is 4.98 Å². The Morgan fingerprint density at radius 3 is 2.60 bits per heavy atom. The van der Waals surface area contributed by atoms with Crippen molar-refractivity contribution in [2.75, 3.05) is 26.3 Å². The van der Waals surface area contributed by atoms with Gasteiger partial charge < -0.3 is 14.8 Å². The molecule has 7 heteroatoms. The summed E-state index contributed by atoms with van der Waals surface area (Å²) in [6.45, 7) is 4.27. The number of nitrogens with zero attached hydrogens (tertiary/aromatic N) is 2. The minimum Gasteiger partial charge on any atom is -0.473 e. The normalized spacial score (nSPS) is 18.8. The molecule has 1 aromatic heterocycles. The number of pyridine rings is 1. The number of likely N-dealkylation sites (tertiary alicyclic amines) is 1. The Morgan fingerprint density at radius 2 is 1.90 bits per heavy atom. The van der Waals surface area contributed by atoms with Crippen molar-refractivity contribution in [1.82, 2.24) is 15.2 Å². The van der Waals surface area contributed by atoms with Crippen molar-refractivity contribution >= 4 is 17.5 Å². The first-order chi connectivity index (χ1) is 14.7. The van der Waals surface area contributed by atoms with Gasteiger partial charge in [0.15, 0.2) is 0 Å². The summed E-state index contributed by atoms with van der Waals surface area (Å²) in [5, 5.41) is 3.49. The molecule has 0 radical (unpaired) electrons.